The van der Waals surface area contributed by atoms with Crippen molar-refractivity contribution in [2.24, 2.45) is 10.9 Å². The Bertz CT molecular complexity index is 554. The van der Waals surface area contributed by atoms with Crippen molar-refractivity contribution in [2.75, 3.05) is 16.6 Å². The molecule has 6 nitrogen and oxygen atoms in total. The molecule has 1 aliphatic heterocycles. The van der Waals surface area contributed by atoms with Gasteiger partial charge in [-0.25, -0.2) is 8.42 Å². The zero-order chi connectivity index (χ0) is 12.5. The van der Waals surface area contributed by atoms with Crippen molar-refractivity contribution < 1.29 is 13.6 Å². The Morgan fingerprint density at radius 1 is 1.47 bits per heavy atom. The zero-order valence-electron chi connectivity index (χ0n) is 9.07. The molecular weight excluding hydrogens is 242 g/mol. The molecule has 2 rings (SSSR count). The number of amidine groups is 1. The van der Waals surface area contributed by atoms with Crippen LogP contribution in [0, 0.1) is 0 Å². The van der Waals surface area contributed by atoms with Gasteiger partial charge in [0.2, 0.25) is 10.0 Å². The Hall–Kier alpha value is -1.76. The smallest absolute Gasteiger partial charge is 0.235 e. The molecule has 1 aromatic carbocycles. The molecule has 1 aliphatic rings. The van der Waals surface area contributed by atoms with E-state index in [1.165, 1.54) is 4.31 Å². The molecule has 1 fully saturated rings. The highest BCUT2D eigenvalue weighted by Gasteiger charge is 2.28. The van der Waals surface area contributed by atoms with E-state index in [-0.39, 0.29) is 11.6 Å². The van der Waals surface area contributed by atoms with Crippen LogP contribution in [0.15, 0.2) is 29.4 Å². The lowest BCUT2D eigenvalue weighted by molar-refractivity contribution is 0.318. The molecule has 0 radical (unpaired) electrons. The van der Waals surface area contributed by atoms with E-state index in [2.05, 4.69) is 5.16 Å². The minimum atomic E-state index is -3.20. The molecule has 1 aromatic rings. The van der Waals surface area contributed by atoms with Crippen molar-refractivity contribution in [2.45, 2.75) is 6.42 Å². The van der Waals surface area contributed by atoms with Gasteiger partial charge in [-0.3, -0.25) is 4.31 Å². The number of oxime groups is 1. The van der Waals surface area contributed by atoms with Crippen molar-refractivity contribution in [1.82, 2.24) is 0 Å². The molecule has 0 spiro atoms. The SMILES string of the molecule is NC(=NO)c1cccc(N2CCCS2(=O)=O)c1. The predicted octanol–water partition coefficient (Wildman–Crippen LogP) is 0.321. The lowest BCUT2D eigenvalue weighted by Crippen LogP contribution is -2.25. The lowest BCUT2D eigenvalue weighted by Gasteiger charge is -2.17. The summed E-state index contributed by atoms with van der Waals surface area (Å²) in [5, 5.41) is 11.5. The number of sulfonamides is 1. The van der Waals surface area contributed by atoms with Gasteiger partial charge in [-0.2, -0.15) is 0 Å². The summed E-state index contributed by atoms with van der Waals surface area (Å²) in [6.45, 7) is 0.474. The molecule has 0 aliphatic carbocycles. The standard InChI is InChI=1S/C10H13N3O3S/c11-10(12-14)8-3-1-4-9(7-8)13-5-2-6-17(13,15)16/h1,3-4,7,14H,2,5-6H2,(H2,11,12). The van der Waals surface area contributed by atoms with Gasteiger partial charge in [0, 0.05) is 12.1 Å². The number of rotatable bonds is 2. The number of anilines is 1. The van der Waals surface area contributed by atoms with E-state index in [0.717, 1.165) is 0 Å². The monoisotopic (exact) mass is 255 g/mol. The number of nitrogens with two attached hydrogens (primary N) is 1. The second-order valence-corrected chi connectivity index (χ2v) is 5.79. The summed E-state index contributed by atoms with van der Waals surface area (Å²) in [4.78, 5) is 0. The Morgan fingerprint density at radius 3 is 2.82 bits per heavy atom. The second-order valence-electron chi connectivity index (χ2n) is 3.78. The molecule has 0 amide bonds. The summed E-state index contributed by atoms with van der Waals surface area (Å²) in [6, 6.07) is 6.62. The highest BCUT2D eigenvalue weighted by molar-refractivity contribution is 7.93. The summed E-state index contributed by atoms with van der Waals surface area (Å²) >= 11 is 0. The molecule has 7 heteroatoms. The molecule has 92 valence electrons. The fourth-order valence-electron chi connectivity index (χ4n) is 1.81. The third-order valence-electron chi connectivity index (χ3n) is 2.64. The topological polar surface area (TPSA) is 96.0 Å². The van der Waals surface area contributed by atoms with Crippen molar-refractivity contribution in [1.29, 1.82) is 0 Å². The van der Waals surface area contributed by atoms with E-state index in [4.69, 9.17) is 10.9 Å². The summed E-state index contributed by atoms with van der Waals surface area (Å²) in [5.41, 5.74) is 6.50. The molecule has 1 heterocycles. The van der Waals surface area contributed by atoms with Crippen molar-refractivity contribution in [3.63, 3.8) is 0 Å². The predicted molar refractivity (Wildman–Crippen MR) is 64.7 cm³/mol. The first-order valence-corrected chi connectivity index (χ1v) is 6.74. The van der Waals surface area contributed by atoms with Crippen molar-refractivity contribution >= 4 is 21.5 Å². The van der Waals surface area contributed by atoms with Crippen LogP contribution >= 0.6 is 0 Å². The zero-order valence-corrected chi connectivity index (χ0v) is 9.89. The Balaban J connectivity index is 2.41. The van der Waals surface area contributed by atoms with Crippen LogP contribution in [0.2, 0.25) is 0 Å². The van der Waals surface area contributed by atoms with Gasteiger partial charge in [-0.15, -0.1) is 0 Å². The van der Waals surface area contributed by atoms with Crippen LogP contribution in [-0.2, 0) is 10.0 Å². The first kappa shape index (κ1) is 11.7. The van der Waals surface area contributed by atoms with Gasteiger partial charge >= 0.3 is 0 Å². The van der Waals surface area contributed by atoms with Gasteiger partial charge in [0.25, 0.3) is 0 Å². The van der Waals surface area contributed by atoms with Gasteiger partial charge in [0.15, 0.2) is 5.84 Å². The first-order valence-electron chi connectivity index (χ1n) is 5.13. The van der Waals surface area contributed by atoms with Crippen LogP contribution in [-0.4, -0.2) is 31.8 Å². The summed E-state index contributed by atoms with van der Waals surface area (Å²) < 4.78 is 24.8. The van der Waals surface area contributed by atoms with Crippen LogP contribution in [0.1, 0.15) is 12.0 Å². The number of hydrogen-bond acceptors (Lipinski definition) is 4. The summed E-state index contributed by atoms with van der Waals surface area (Å²) in [6.07, 6.45) is 0.621. The van der Waals surface area contributed by atoms with Crippen LogP contribution in [0.25, 0.3) is 0 Å². The molecule has 0 bridgehead atoms. The normalized spacial score (nSPS) is 19.5. The maximum Gasteiger partial charge on any atom is 0.235 e. The molecule has 0 saturated carbocycles. The average Bonchev–Trinajstić information content (AvgIpc) is 2.68. The molecule has 1 saturated heterocycles. The van der Waals surface area contributed by atoms with Gasteiger partial charge in [-0.1, -0.05) is 17.3 Å². The quantitative estimate of drug-likeness (QED) is 0.344. The van der Waals surface area contributed by atoms with Crippen LogP contribution in [0.4, 0.5) is 5.69 Å². The van der Waals surface area contributed by atoms with Gasteiger partial charge < -0.3 is 10.9 Å². The number of nitrogens with zero attached hydrogens (tertiary/aromatic N) is 2. The van der Waals surface area contributed by atoms with Crippen molar-refractivity contribution in [3.8, 4) is 0 Å². The Morgan fingerprint density at radius 2 is 2.24 bits per heavy atom. The second kappa shape index (κ2) is 4.25. The van der Waals surface area contributed by atoms with E-state index >= 15 is 0 Å². The highest BCUT2D eigenvalue weighted by atomic mass is 32.2. The Labute approximate surface area is 99.4 Å². The molecule has 0 aromatic heterocycles. The fourth-order valence-corrected chi connectivity index (χ4v) is 3.36. The fraction of sp³-hybridized carbons (Fsp3) is 0.300. The van der Waals surface area contributed by atoms with Crippen LogP contribution in [0.3, 0.4) is 0 Å². The third kappa shape index (κ3) is 2.19. The van der Waals surface area contributed by atoms with E-state index in [0.29, 0.717) is 24.2 Å². The largest absolute Gasteiger partial charge is 0.409 e. The minimum absolute atomic E-state index is 0.0385. The van der Waals surface area contributed by atoms with E-state index in [1.807, 2.05) is 0 Å². The number of benzene rings is 1. The first-order chi connectivity index (χ1) is 8.04. The molecular formula is C10H13N3O3S. The van der Waals surface area contributed by atoms with Crippen LogP contribution < -0.4 is 10.0 Å². The van der Waals surface area contributed by atoms with Gasteiger partial charge in [-0.05, 0) is 18.6 Å². The molecule has 17 heavy (non-hydrogen) atoms. The van der Waals surface area contributed by atoms with E-state index in [1.54, 1.807) is 24.3 Å². The van der Waals surface area contributed by atoms with E-state index in [9.17, 15) is 8.42 Å². The molecule has 0 atom stereocenters. The Kier molecular flexibility index (Phi) is 2.93. The van der Waals surface area contributed by atoms with Crippen molar-refractivity contribution in [3.05, 3.63) is 29.8 Å². The van der Waals surface area contributed by atoms with E-state index < -0.39 is 10.0 Å². The molecule has 0 unspecified atom stereocenters. The average molecular weight is 255 g/mol. The van der Waals surface area contributed by atoms with Gasteiger partial charge in [0.1, 0.15) is 0 Å². The number of hydrogen-bond donors (Lipinski definition) is 2. The third-order valence-corrected chi connectivity index (χ3v) is 4.51. The maximum absolute atomic E-state index is 11.7. The molecule has 3 N–H and O–H groups in total. The van der Waals surface area contributed by atoms with Crippen LogP contribution in [0.5, 0.6) is 0 Å². The summed E-state index contributed by atoms with van der Waals surface area (Å²) in [5.74, 6) is 0.129. The lowest BCUT2D eigenvalue weighted by atomic mass is 10.2. The van der Waals surface area contributed by atoms with Gasteiger partial charge in [0.05, 0.1) is 11.4 Å². The maximum atomic E-state index is 11.7. The highest BCUT2D eigenvalue weighted by Crippen LogP contribution is 2.24. The minimum Gasteiger partial charge on any atom is -0.409 e. The summed E-state index contributed by atoms with van der Waals surface area (Å²) in [7, 11) is -3.20.